The number of ketones is 1. The Hall–Kier alpha value is -2.17. The highest BCUT2D eigenvalue weighted by atomic mass is 19.1. The number of anilines is 2. The molecule has 2 aromatic rings. The predicted octanol–water partition coefficient (Wildman–Crippen LogP) is 3.08. The van der Waals surface area contributed by atoms with Gasteiger partial charge in [-0.15, -0.1) is 0 Å². The van der Waals surface area contributed by atoms with Gasteiger partial charge in [-0.1, -0.05) is 5.16 Å². The van der Waals surface area contributed by atoms with Crippen molar-refractivity contribution in [1.29, 1.82) is 0 Å². The van der Waals surface area contributed by atoms with Gasteiger partial charge < -0.3 is 9.84 Å². The Balaban J connectivity index is 1.91. The summed E-state index contributed by atoms with van der Waals surface area (Å²) in [5, 5.41) is 6.84. The van der Waals surface area contributed by atoms with Crippen LogP contribution in [0.15, 0.2) is 28.8 Å². The van der Waals surface area contributed by atoms with Crippen LogP contribution in [-0.4, -0.2) is 10.9 Å². The zero-order valence-electron chi connectivity index (χ0n) is 9.57. The molecular weight excluding hydrogens is 235 g/mol. The van der Waals surface area contributed by atoms with Crippen LogP contribution in [-0.2, 0) is 6.42 Å². The van der Waals surface area contributed by atoms with Gasteiger partial charge >= 0.3 is 0 Å². The number of nitrogens with zero attached hydrogens (tertiary/aromatic N) is 1. The smallest absolute Gasteiger partial charge is 0.185 e. The van der Waals surface area contributed by atoms with Crippen LogP contribution in [0.1, 0.15) is 29.0 Å². The number of carbonyl (C=O) groups is 1. The van der Waals surface area contributed by atoms with Crippen molar-refractivity contribution in [2.24, 2.45) is 0 Å². The Morgan fingerprint density at radius 3 is 2.78 bits per heavy atom. The number of carbonyl (C=O) groups excluding carboxylic acids is 1. The summed E-state index contributed by atoms with van der Waals surface area (Å²) in [6.07, 6.45) is 2.06. The molecule has 1 aliphatic rings. The zero-order valence-corrected chi connectivity index (χ0v) is 9.57. The van der Waals surface area contributed by atoms with E-state index in [1.165, 1.54) is 12.1 Å². The molecule has 5 heteroatoms. The van der Waals surface area contributed by atoms with Crippen LogP contribution in [0, 0.1) is 5.82 Å². The van der Waals surface area contributed by atoms with Crippen molar-refractivity contribution < 1.29 is 13.7 Å². The monoisotopic (exact) mass is 246 g/mol. The Bertz CT molecular complexity index is 590. The second kappa shape index (κ2) is 4.25. The minimum absolute atomic E-state index is 0.0436. The number of fused-ring (bicyclic) bond motifs is 1. The van der Waals surface area contributed by atoms with E-state index in [2.05, 4.69) is 10.5 Å². The Kier molecular flexibility index (Phi) is 2.59. The summed E-state index contributed by atoms with van der Waals surface area (Å²) in [6.45, 7) is 0. The molecule has 3 rings (SSSR count). The lowest BCUT2D eigenvalue weighted by atomic mass is 9.97. The van der Waals surface area contributed by atoms with Gasteiger partial charge in [-0.05, 0) is 30.7 Å². The third kappa shape index (κ3) is 1.88. The Morgan fingerprint density at radius 1 is 1.22 bits per heavy atom. The lowest BCUT2D eigenvalue weighted by Gasteiger charge is -2.09. The van der Waals surface area contributed by atoms with E-state index in [1.54, 1.807) is 12.1 Å². The van der Waals surface area contributed by atoms with E-state index in [9.17, 15) is 9.18 Å². The number of halogens is 1. The number of aromatic nitrogens is 1. The molecule has 1 N–H and O–H groups in total. The number of benzene rings is 1. The fourth-order valence-electron chi connectivity index (χ4n) is 2.07. The Labute approximate surface area is 103 Å². The van der Waals surface area contributed by atoms with Gasteiger partial charge in [0.1, 0.15) is 17.1 Å². The molecule has 4 nitrogen and oxygen atoms in total. The van der Waals surface area contributed by atoms with Crippen molar-refractivity contribution in [1.82, 2.24) is 5.16 Å². The molecule has 0 fully saturated rings. The Morgan fingerprint density at radius 2 is 2.00 bits per heavy atom. The molecule has 0 bridgehead atoms. The molecule has 0 amide bonds. The van der Waals surface area contributed by atoms with Crippen LogP contribution in [0.5, 0.6) is 0 Å². The molecule has 0 unspecified atom stereocenters. The fraction of sp³-hybridized carbons (Fsp3) is 0.231. The largest absolute Gasteiger partial charge is 0.358 e. The lowest BCUT2D eigenvalue weighted by Crippen LogP contribution is -2.10. The van der Waals surface area contributed by atoms with Gasteiger partial charge in [0.2, 0.25) is 0 Å². The van der Waals surface area contributed by atoms with Crippen LogP contribution in [0.2, 0.25) is 0 Å². The molecule has 18 heavy (non-hydrogen) atoms. The van der Waals surface area contributed by atoms with E-state index in [4.69, 9.17) is 4.52 Å². The molecule has 0 aliphatic heterocycles. The zero-order chi connectivity index (χ0) is 12.5. The molecule has 92 valence electrons. The van der Waals surface area contributed by atoms with Crippen LogP contribution in [0.3, 0.4) is 0 Å². The van der Waals surface area contributed by atoms with E-state index in [0.29, 0.717) is 29.2 Å². The van der Waals surface area contributed by atoms with E-state index in [0.717, 1.165) is 12.8 Å². The fourth-order valence-corrected chi connectivity index (χ4v) is 2.07. The summed E-state index contributed by atoms with van der Waals surface area (Å²) >= 11 is 0. The number of hydrogen-bond donors (Lipinski definition) is 1. The third-order valence-corrected chi connectivity index (χ3v) is 2.96. The molecular formula is C13H11FN2O2. The second-order valence-electron chi connectivity index (χ2n) is 4.24. The van der Waals surface area contributed by atoms with Crippen molar-refractivity contribution in [2.75, 3.05) is 5.32 Å². The average Bonchev–Trinajstić information content (AvgIpc) is 2.77. The topological polar surface area (TPSA) is 55.1 Å². The van der Waals surface area contributed by atoms with Gasteiger partial charge in [0, 0.05) is 18.5 Å². The normalized spacial score (nSPS) is 14.4. The van der Waals surface area contributed by atoms with E-state index in [-0.39, 0.29) is 11.6 Å². The first kappa shape index (κ1) is 11.0. The first-order valence-corrected chi connectivity index (χ1v) is 5.78. The van der Waals surface area contributed by atoms with Crippen LogP contribution < -0.4 is 5.32 Å². The minimum Gasteiger partial charge on any atom is -0.358 e. The van der Waals surface area contributed by atoms with Crippen molar-refractivity contribution in [3.05, 3.63) is 41.4 Å². The van der Waals surface area contributed by atoms with Crippen LogP contribution in [0.25, 0.3) is 0 Å². The van der Waals surface area contributed by atoms with E-state index >= 15 is 0 Å². The molecule has 0 radical (unpaired) electrons. The SMILES string of the molecule is O=C1CCCc2onc(Nc3ccc(F)cc3)c21. The van der Waals surface area contributed by atoms with Gasteiger partial charge in [-0.2, -0.15) is 0 Å². The lowest BCUT2D eigenvalue weighted by molar-refractivity contribution is 0.0969. The summed E-state index contributed by atoms with van der Waals surface area (Å²) in [5.74, 6) is 0.790. The molecule has 1 aliphatic carbocycles. The molecule has 1 heterocycles. The van der Waals surface area contributed by atoms with E-state index in [1.807, 2.05) is 0 Å². The molecule has 0 saturated carbocycles. The second-order valence-corrected chi connectivity index (χ2v) is 4.24. The first-order chi connectivity index (χ1) is 8.74. The van der Waals surface area contributed by atoms with Crippen molar-refractivity contribution in [3.8, 4) is 0 Å². The number of rotatable bonds is 2. The van der Waals surface area contributed by atoms with Crippen molar-refractivity contribution in [2.45, 2.75) is 19.3 Å². The highest BCUT2D eigenvalue weighted by molar-refractivity contribution is 6.02. The van der Waals surface area contributed by atoms with Crippen molar-refractivity contribution in [3.63, 3.8) is 0 Å². The number of hydrogen-bond acceptors (Lipinski definition) is 4. The maximum absolute atomic E-state index is 12.8. The van der Waals surface area contributed by atoms with Gasteiger partial charge in [-0.25, -0.2) is 4.39 Å². The highest BCUT2D eigenvalue weighted by Crippen LogP contribution is 2.29. The standard InChI is InChI=1S/C13H11FN2O2/c14-8-4-6-9(7-5-8)15-13-12-10(17)2-1-3-11(12)18-16-13/h4-7H,1-3H2,(H,15,16). The summed E-state index contributed by atoms with van der Waals surface area (Å²) in [6, 6.07) is 5.86. The van der Waals surface area contributed by atoms with Crippen molar-refractivity contribution >= 4 is 17.3 Å². The minimum atomic E-state index is -0.307. The maximum atomic E-state index is 12.8. The van der Waals surface area contributed by atoms with E-state index < -0.39 is 0 Å². The van der Waals surface area contributed by atoms with Gasteiger partial charge in [-0.3, -0.25) is 4.79 Å². The third-order valence-electron chi connectivity index (χ3n) is 2.96. The molecule has 0 saturated heterocycles. The number of nitrogens with one attached hydrogen (secondary N) is 1. The maximum Gasteiger partial charge on any atom is 0.185 e. The van der Waals surface area contributed by atoms with Crippen LogP contribution in [0.4, 0.5) is 15.9 Å². The summed E-state index contributed by atoms with van der Waals surface area (Å²) in [5.41, 5.74) is 1.21. The summed E-state index contributed by atoms with van der Waals surface area (Å²) in [4.78, 5) is 11.8. The molecule has 1 aromatic heterocycles. The van der Waals surface area contributed by atoms with Gasteiger partial charge in [0.15, 0.2) is 11.6 Å². The summed E-state index contributed by atoms with van der Waals surface area (Å²) < 4.78 is 17.9. The number of aryl methyl sites for hydroxylation is 1. The molecule has 0 spiro atoms. The molecule has 0 atom stereocenters. The quantitative estimate of drug-likeness (QED) is 0.884. The average molecular weight is 246 g/mol. The van der Waals surface area contributed by atoms with Gasteiger partial charge in [0.05, 0.1) is 0 Å². The predicted molar refractivity (Wildman–Crippen MR) is 63.5 cm³/mol. The highest BCUT2D eigenvalue weighted by Gasteiger charge is 2.26. The molecule has 1 aromatic carbocycles. The van der Waals surface area contributed by atoms with Gasteiger partial charge in [0.25, 0.3) is 0 Å². The van der Waals surface area contributed by atoms with Crippen LogP contribution >= 0.6 is 0 Å². The summed E-state index contributed by atoms with van der Waals surface area (Å²) in [7, 11) is 0. The number of Topliss-reactive ketones (excluding diaryl/α,β-unsaturated/α-hetero) is 1. The first-order valence-electron chi connectivity index (χ1n) is 5.78.